The number of furan rings is 1. The maximum absolute atomic E-state index is 13.4. The van der Waals surface area contributed by atoms with Gasteiger partial charge >= 0.3 is 5.97 Å². The number of benzene rings is 1. The highest BCUT2D eigenvalue weighted by molar-refractivity contribution is 7.99. The van der Waals surface area contributed by atoms with E-state index in [-0.39, 0.29) is 12.0 Å². The lowest BCUT2D eigenvalue weighted by molar-refractivity contribution is -0.916. The van der Waals surface area contributed by atoms with Crippen molar-refractivity contribution in [1.29, 1.82) is 0 Å². The standard InChI is InChI=1S/C27H38NO4S/c1-2-28(17-10-20-33-24-13-7-4-8-14-24)18-16-23(21-28)32-26(29)27(30,25-15-9-19-31-25)22-11-5-3-6-12-22/h4,7-9,13-15,19,22-23,30H,2-3,5-6,10-12,16-18,20-21H2,1H3/q+1/t23-,27+,28?/m0/s1. The van der Waals surface area contributed by atoms with Gasteiger partial charge in [-0.1, -0.05) is 37.5 Å². The summed E-state index contributed by atoms with van der Waals surface area (Å²) in [5.41, 5.74) is -1.68. The van der Waals surface area contributed by atoms with Crippen LogP contribution in [0.25, 0.3) is 0 Å². The Bertz CT molecular complexity index is 868. The van der Waals surface area contributed by atoms with E-state index in [1.54, 1.807) is 12.1 Å². The zero-order valence-corrected chi connectivity index (χ0v) is 20.6. The van der Waals surface area contributed by atoms with Gasteiger partial charge in [0.25, 0.3) is 0 Å². The van der Waals surface area contributed by atoms with Crippen molar-refractivity contribution in [2.24, 2.45) is 5.92 Å². The minimum absolute atomic E-state index is 0.147. The molecule has 1 saturated carbocycles. The molecule has 0 amide bonds. The molecular formula is C27H38NO4S+. The van der Waals surface area contributed by atoms with Gasteiger partial charge in [-0.2, -0.15) is 0 Å². The number of rotatable bonds is 10. The Morgan fingerprint density at radius 1 is 1.15 bits per heavy atom. The van der Waals surface area contributed by atoms with Crippen LogP contribution in [-0.4, -0.2) is 53.6 Å². The molecule has 33 heavy (non-hydrogen) atoms. The predicted molar refractivity (Wildman–Crippen MR) is 131 cm³/mol. The number of thioether (sulfide) groups is 1. The Hall–Kier alpha value is -1.76. The molecule has 0 radical (unpaired) electrons. The Kier molecular flexibility index (Phi) is 8.20. The van der Waals surface area contributed by atoms with Crippen molar-refractivity contribution >= 4 is 17.7 Å². The van der Waals surface area contributed by atoms with Gasteiger partial charge in [0.15, 0.2) is 6.10 Å². The molecule has 2 aromatic rings. The first kappa shape index (κ1) is 24.4. The Labute approximate surface area is 202 Å². The number of aliphatic hydroxyl groups is 1. The SMILES string of the molecule is CC[N+]1(CCCSc2ccccc2)CC[C@H](OC(=O)[C@](O)(c2ccco2)C2CCCCC2)C1. The van der Waals surface area contributed by atoms with Crippen LogP contribution >= 0.6 is 11.8 Å². The summed E-state index contributed by atoms with van der Waals surface area (Å²) in [6.45, 7) is 6.21. The second kappa shape index (κ2) is 11.1. The number of hydrogen-bond acceptors (Lipinski definition) is 5. The van der Waals surface area contributed by atoms with Gasteiger partial charge in [0.1, 0.15) is 12.3 Å². The van der Waals surface area contributed by atoms with E-state index < -0.39 is 11.6 Å². The summed E-state index contributed by atoms with van der Waals surface area (Å²) in [7, 11) is 0. The first-order valence-corrected chi connectivity index (χ1v) is 13.5. The van der Waals surface area contributed by atoms with E-state index in [9.17, 15) is 9.90 Å². The summed E-state index contributed by atoms with van der Waals surface area (Å²) >= 11 is 1.90. The van der Waals surface area contributed by atoms with E-state index in [1.807, 2.05) is 17.8 Å². The zero-order chi connectivity index (χ0) is 23.2. The number of nitrogens with zero attached hydrogens (tertiary/aromatic N) is 1. The quantitative estimate of drug-likeness (QED) is 0.218. The summed E-state index contributed by atoms with van der Waals surface area (Å²) < 4.78 is 12.5. The van der Waals surface area contributed by atoms with Crippen molar-refractivity contribution in [2.45, 2.75) is 68.5 Å². The van der Waals surface area contributed by atoms with Crippen LogP contribution in [0.5, 0.6) is 0 Å². The monoisotopic (exact) mass is 472 g/mol. The first-order valence-electron chi connectivity index (χ1n) is 12.6. The molecule has 0 bridgehead atoms. The molecule has 1 aromatic carbocycles. The largest absolute Gasteiger partial charge is 0.466 e. The number of carbonyl (C=O) groups excluding carboxylic acids is 1. The van der Waals surface area contributed by atoms with Crippen LogP contribution < -0.4 is 0 Å². The first-order chi connectivity index (χ1) is 16.1. The topological polar surface area (TPSA) is 59.7 Å². The van der Waals surface area contributed by atoms with E-state index >= 15 is 0 Å². The highest BCUT2D eigenvalue weighted by Gasteiger charge is 2.51. The summed E-state index contributed by atoms with van der Waals surface area (Å²) in [4.78, 5) is 14.7. The smallest absolute Gasteiger partial charge is 0.346 e. The summed E-state index contributed by atoms with van der Waals surface area (Å²) in [6, 6.07) is 14.0. The molecule has 180 valence electrons. The van der Waals surface area contributed by atoms with E-state index in [0.717, 1.165) is 81.4 Å². The van der Waals surface area contributed by atoms with Crippen LogP contribution in [0, 0.1) is 5.92 Å². The van der Waals surface area contributed by atoms with Crippen molar-refractivity contribution in [3.63, 3.8) is 0 Å². The van der Waals surface area contributed by atoms with Crippen LogP contribution in [0.15, 0.2) is 58.0 Å². The normalized spacial score (nSPS) is 25.6. The molecule has 4 rings (SSSR count). The molecule has 1 aliphatic heterocycles. The molecule has 1 aliphatic carbocycles. The second-order valence-corrected chi connectivity index (χ2v) is 10.9. The summed E-state index contributed by atoms with van der Waals surface area (Å²) in [5.74, 6) is 0.748. The van der Waals surface area contributed by atoms with E-state index in [0.29, 0.717) is 5.76 Å². The fourth-order valence-corrected chi connectivity index (χ4v) is 6.47. The molecule has 1 unspecified atom stereocenters. The van der Waals surface area contributed by atoms with Crippen LogP contribution in [-0.2, 0) is 15.1 Å². The van der Waals surface area contributed by atoms with Gasteiger partial charge in [-0.25, -0.2) is 4.79 Å². The number of esters is 1. The molecule has 0 spiro atoms. The van der Waals surface area contributed by atoms with E-state index in [4.69, 9.17) is 9.15 Å². The second-order valence-electron chi connectivity index (χ2n) is 9.70. The average molecular weight is 473 g/mol. The van der Waals surface area contributed by atoms with Crippen LogP contribution in [0.2, 0.25) is 0 Å². The van der Waals surface area contributed by atoms with Crippen LogP contribution in [0.1, 0.15) is 57.6 Å². The third-order valence-corrected chi connectivity index (χ3v) is 8.75. The zero-order valence-electron chi connectivity index (χ0n) is 19.8. The van der Waals surface area contributed by atoms with Crippen LogP contribution in [0.4, 0.5) is 0 Å². The Morgan fingerprint density at radius 2 is 1.94 bits per heavy atom. The van der Waals surface area contributed by atoms with Gasteiger partial charge in [-0.15, -0.1) is 11.8 Å². The molecule has 1 aromatic heterocycles. The van der Waals surface area contributed by atoms with Gasteiger partial charge < -0.3 is 18.7 Å². The molecule has 2 heterocycles. The third kappa shape index (κ3) is 5.67. The summed E-state index contributed by atoms with van der Waals surface area (Å²) in [5, 5.41) is 11.6. The van der Waals surface area contributed by atoms with Gasteiger partial charge in [0.2, 0.25) is 5.60 Å². The fourth-order valence-electron chi connectivity index (χ4n) is 5.61. The number of likely N-dealkylation sites (tertiary alicyclic amines) is 1. The highest BCUT2D eigenvalue weighted by Crippen LogP contribution is 2.41. The van der Waals surface area contributed by atoms with E-state index in [1.165, 1.54) is 11.2 Å². The molecular weight excluding hydrogens is 434 g/mol. The van der Waals surface area contributed by atoms with Gasteiger partial charge in [-0.3, -0.25) is 0 Å². The number of carbonyl (C=O) groups is 1. The van der Waals surface area contributed by atoms with Crippen molar-refractivity contribution in [3.8, 4) is 0 Å². The Balaban J connectivity index is 1.34. The molecule has 6 heteroatoms. The van der Waals surface area contributed by atoms with E-state index in [2.05, 4.69) is 31.2 Å². The minimum Gasteiger partial charge on any atom is -0.466 e. The number of ether oxygens (including phenoxy) is 1. The Morgan fingerprint density at radius 3 is 2.64 bits per heavy atom. The average Bonchev–Trinajstić information content (AvgIpc) is 3.54. The number of hydrogen-bond donors (Lipinski definition) is 1. The minimum atomic E-state index is -1.68. The van der Waals surface area contributed by atoms with Gasteiger partial charge in [-0.05, 0) is 44.0 Å². The maximum Gasteiger partial charge on any atom is 0.346 e. The van der Waals surface area contributed by atoms with Crippen molar-refractivity contribution < 1.29 is 23.5 Å². The van der Waals surface area contributed by atoms with Crippen molar-refractivity contribution in [2.75, 3.05) is 31.9 Å². The molecule has 3 atom stereocenters. The maximum atomic E-state index is 13.4. The van der Waals surface area contributed by atoms with Crippen LogP contribution in [0.3, 0.4) is 0 Å². The lowest BCUT2D eigenvalue weighted by atomic mass is 9.75. The van der Waals surface area contributed by atoms with Gasteiger partial charge in [0.05, 0.1) is 25.9 Å². The number of quaternary nitrogens is 1. The lowest BCUT2D eigenvalue weighted by Gasteiger charge is -2.36. The highest BCUT2D eigenvalue weighted by atomic mass is 32.2. The predicted octanol–water partition coefficient (Wildman–Crippen LogP) is 5.38. The lowest BCUT2D eigenvalue weighted by Crippen LogP contribution is -2.49. The molecule has 5 nitrogen and oxygen atoms in total. The third-order valence-electron chi connectivity index (χ3n) is 7.65. The van der Waals surface area contributed by atoms with Gasteiger partial charge in [0, 0.05) is 29.4 Å². The summed E-state index contributed by atoms with van der Waals surface area (Å²) in [6.07, 6.45) is 8.22. The molecule has 2 fully saturated rings. The molecule has 1 N–H and O–H groups in total. The number of likely N-dealkylation sites (N-methyl/N-ethyl adjacent to an activating group) is 1. The van der Waals surface area contributed by atoms with Crippen molar-refractivity contribution in [3.05, 3.63) is 54.5 Å². The fraction of sp³-hybridized carbons (Fsp3) is 0.593. The molecule has 1 saturated heterocycles. The molecule has 2 aliphatic rings. The van der Waals surface area contributed by atoms with Crippen molar-refractivity contribution in [1.82, 2.24) is 0 Å².